The fourth-order valence-electron chi connectivity index (χ4n) is 3.26. The van der Waals surface area contributed by atoms with Gasteiger partial charge in [-0.25, -0.2) is 0 Å². The molecular formula is C16H24O. The molecule has 0 heterocycles. The molecule has 3 unspecified atom stereocenters. The summed E-state index contributed by atoms with van der Waals surface area (Å²) in [4.78, 5) is 0. The first kappa shape index (κ1) is 12.6. The average Bonchev–Trinajstić information content (AvgIpc) is 2.40. The number of aliphatic hydroxyl groups is 1. The van der Waals surface area contributed by atoms with E-state index in [4.69, 9.17) is 0 Å². The van der Waals surface area contributed by atoms with E-state index in [2.05, 4.69) is 31.2 Å². The standard InChI is InChI=1S/C16H24O/c1-2-14-10-6-7-11-15(14)16(17)12-13-8-4-3-5-9-13/h3-5,8-9,14-17H,2,6-7,10-12H2,1H3. The summed E-state index contributed by atoms with van der Waals surface area (Å²) in [7, 11) is 0. The van der Waals surface area contributed by atoms with Crippen molar-refractivity contribution in [3.63, 3.8) is 0 Å². The summed E-state index contributed by atoms with van der Waals surface area (Å²) in [5.41, 5.74) is 1.26. The van der Waals surface area contributed by atoms with Gasteiger partial charge < -0.3 is 5.11 Å². The summed E-state index contributed by atoms with van der Waals surface area (Å²) in [5, 5.41) is 10.4. The Bertz CT molecular complexity index is 320. The Kier molecular flexibility index (Phi) is 4.61. The van der Waals surface area contributed by atoms with E-state index >= 15 is 0 Å². The molecule has 1 saturated carbocycles. The zero-order chi connectivity index (χ0) is 12.1. The largest absolute Gasteiger partial charge is 0.392 e. The van der Waals surface area contributed by atoms with Crippen molar-refractivity contribution in [2.24, 2.45) is 11.8 Å². The Balaban J connectivity index is 1.96. The van der Waals surface area contributed by atoms with E-state index in [1.165, 1.54) is 37.7 Å². The molecule has 0 aliphatic heterocycles. The normalized spacial score (nSPS) is 26.7. The number of hydrogen-bond donors (Lipinski definition) is 1. The van der Waals surface area contributed by atoms with Crippen molar-refractivity contribution < 1.29 is 5.11 Å². The smallest absolute Gasteiger partial charge is 0.0611 e. The van der Waals surface area contributed by atoms with Gasteiger partial charge in [0.15, 0.2) is 0 Å². The fraction of sp³-hybridized carbons (Fsp3) is 0.625. The van der Waals surface area contributed by atoms with Crippen LogP contribution in [0.25, 0.3) is 0 Å². The van der Waals surface area contributed by atoms with Crippen LogP contribution in [-0.4, -0.2) is 11.2 Å². The molecule has 1 N–H and O–H groups in total. The first-order valence-corrected chi connectivity index (χ1v) is 7.03. The van der Waals surface area contributed by atoms with Crippen molar-refractivity contribution in [1.82, 2.24) is 0 Å². The van der Waals surface area contributed by atoms with E-state index in [0.717, 1.165) is 12.3 Å². The molecule has 1 fully saturated rings. The molecule has 2 rings (SSSR count). The maximum atomic E-state index is 10.4. The van der Waals surface area contributed by atoms with Crippen LogP contribution in [0, 0.1) is 11.8 Å². The van der Waals surface area contributed by atoms with Crippen LogP contribution < -0.4 is 0 Å². The summed E-state index contributed by atoms with van der Waals surface area (Å²) < 4.78 is 0. The highest BCUT2D eigenvalue weighted by Crippen LogP contribution is 2.35. The van der Waals surface area contributed by atoms with Crippen LogP contribution in [0.4, 0.5) is 0 Å². The van der Waals surface area contributed by atoms with Gasteiger partial charge >= 0.3 is 0 Å². The molecule has 0 amide bonds. The van der Waals surface area contributed by atoms with Gasteiger partial charge in [-0.15, -0.1) is 0 Å². The molecule has 1 aromatic rings. The maximum Gasteiger partial charge on any atom is 0.0611 e. The molecule has 1 aromatic carbocycles. The molecule has 17 heavy (non-hydrogen) atoms. The quantitative estimate of drug-likeness (QED) is 0.837. The maximum absolute atomic E-state index is 10.4. The molecule has 0 aromatic heterocycles. The van der Waals surface area contributed by atoms with Crippen molar-refractivity contribution in [1.29, 1.82) is 0 Å². The van der Waals surface area contributed by atoms with Gasteiger partial charge in [0.1, 0.15) is 0 Å². The zero-order valence-corrected chi connectivity index (χ0v) is 10.8. The van der Waals surface area contributed by atoms with E-state index in [9.17, 15) is 5.11 Å². The highest BCUT2D eigenvalue weighted by Gasteiger charge is 2.29. The van der Waals surface area contributed by atoms with Crippen molar-refractivity contribution in [3.8, 4) is 0 Å². The van der Waals surface area contributed by atoms with E-state index in [1.54, 1.807) is 0 Å². The van der Waals surface area contributed by atoms with Crippen molar-refractivity contribution in [3.05, 3.63) is 35.9 Å². The van der Waals surface area contributed by atoms with Gasteiger partial charge in [-0.3, -0.25) is 0 Å². The van der Waals surface area contributed by atoms with Gasteiger partial charge in [0.2, 0.25) is 0 Å². The first-order chi connectivity index (χ1) is 8.31. The lowest BCUT2D eigenvalue weighted by Crippen LogP contribution is -2.32. The van der Waals surface area contributed by atoms with Gasteiger partial charge in [0, 0.05) is 0 Å². The van der Waals surface area contributed by atoms with E-state index in [-0.39, 0.29) is 6.10 Å². The van der Waals surface area contributed by atoms with Crippen LogP contribution in [0.5, 0.6) is 0 Å². The molecule has 94 valence electrons. The Labute approximate surface area is 105 Å². The number of rotatable bonds is 4. The molecule has 3 atom stereocenters. The monoisotopic (exact) mass is 232 g/mol. The molecule has 1 aliphatic carbocycles. The van der Waals surface area contributed by atoms with Gasteiger partial charge in [-0.05, 0) is 30.2 Å². The molecule has 0 bridgehead atoms. The van der Waals surface area contributed by atoms with Crippen molar-refractivity contribution in [2.75, 3.05) is 0 Å². The zero-order valence-electron chi connectivity index (χ0n) is 10.8. The fourth-order valence-corrected chi connectivity index (χ4v) is 3.26. The third-order valence-corrected chi connectivity index (χ3v) is 4.27. The molecule has 1 heteroatoms. The Morgan fingerprint density at radius 3 is 2.59 bits per heavy atom. The van der Waals surface area contributed by atoms with Crippen LogP contribution >= 0.6 is 0 Å². The number of aliphatic hydroxyl groups excluding tert-OH is 1. The summed E-state index contributed by atoms with van der Waals surface area (Å²) in [6, 6.07) is 10.4. The predicted molar refractivity (Wildman–Crippen MR) is 71.9 cm³/mol. The van der Waals surface area contributed by atoms with E-state index in [0.29, 0.717) is 5.92 Å². The average molecular weight is 232 g/mol. The highest BCUT2D eigenvalue weighted by molar-refractivity contribution is 5.15. The van der Waals surface area contributed by atoms with Crippen LogP contribution in [0.2, 0.25) is 0 Å². The minimum Gasteiger partial charge on any atom is -0.392 e. The highest BCUT2D eigenvalue weighted by atomic mass is 16.3. The second kappa shape index (κ2) is 6.20. The van der Waals surface area contributed by atoms with Gasteiger partial charge in [0.05, 0.1) is 6.10 Å². The minimum absolute atomic E-state index is 0.150. The van der Waals surface area contributed by atoms with Gasteiger partial charge in [-0.1, -0.05) is 62.9 Å². The summed E-state index contributed by atoms with van der Waals surface area (Å²) in [6.07, 6.45) is 7.07. The second-order valence-corrected chi connectivity index (χ2v) is 5.37. The van der Waals surface area contributed by atoms with E-state index in [1.807, 2.05) is 6.07 Å². The molecule has 1 aliphatic rings. The van der Waals surface area contributed by atoms with Crippen LogP contribution in [0.3, 0.4) is 0 Å². The van der Waals surface area contributed by atoms with Gasteiger partial charge in [-0.2, -0.15) is 0 Å². The number of hydrogen-bond acceptors (Lipinski definition) is 1. The van der Waals surface area contributed by atoms with Crippen LogP contribution in [0.1, 0.15) is 44.6 Å². The SMILES string of the molecule is CCC1CCCCC1C(O)Cc1ccccc1. The Hall–Kier alpha value is -0.820. The number of benzene rings is 1. The third-order valence-electron chi connectivity index (χ3n) is 4.27. The van der Waals surface area contributed by atoms with Crippen molar-refractivity contribution in [2.45, 2.75) is 51.6 Å². The first-order valence-electron chi connectivity index (χ1n) is 7.03. The van der Waals surface area contributed by atoms with Crippen LogP contribution in [0.15, 0.2) is 30.3 Å². The lowest BCUT2D eigenvalue weighted by molar-refractivity contribution is 0.0464. The predicted octanol–water partition coefficient (Wildman–Crippen LogP) is 3.81. The van der Waals surface area contributed by atoms with E-state index < -0.39 is 0 Å². The molecular weight excluding hydrogens is 208 g/mol. The topological polar surface area (TPSA) is 20.2 Å². The van der Waals surface area contributed by atoms with Crippen LogP contribution in [-0.2, 0) is 6.42 Å². The Morgan fingerprint density at radius 2 is 1.88 bits per heavy atom. The summed E-state index contributed by atoms with van der Waals surface area (Å²) in [5.74, 6) is 1.26. The molecule has 0 saturated heterocycles. The third kappa shape index (κ3) is 3.32. The molecule has 0 spiro atoms. The van der Waals surface area contributed by atoms with Gasteiger partial charge in [0.25, 0.3) is 0 Å². The summed E-state index contributed by atoms with van der Waals surface area (Å²) in [6.45, 7) is 2.26. The minimum atomic E-state index is -0.150. The lowest BCUT2D eigenvalue weighted by Gasteiger charge is -2.34. The molecule has 0 radical (unpaired) electrons. The second-order valence-electron chi connectivity index (χ2n) is 5.37. The summed E-state index contributed by atoms with van der Waals surface area (Å²) >= 11 is 0. The Morgan fingerprint density at radius 1 is 1.18 bits per heavy atom. The molecule has 1 nitrogen and oxygen atoms in total. The van der Waals surface area contributed by atoms with Crippen molar-refractivity contribution >= 4 is 0 Å². The lowest BCUT2D eigenvalue weighted by atomic mass is 9.74.